The van der Waals surface area contributed by atoms with Crippen molar-refractivity contribution < 1.29 is 9.47 Å². The number of hydrogen-bond donors (Lipinski definition) is 1. The minimum atomic E-state index is 0.565. The van der Waals surface area contributed by atoms with Gasteiger partial charge in [0.2, 0.25) is 11.8 Å². The van der Waals surface area contributed by atoms with E-state index in [-0.39, 0.29) is 0 Å². The smallest absolute Gasteiger partial charge is 0.226 e. The molecular formula is C13H17N3O2. The molecule has 2 aromatic rings. The molecule has 96 valence electrons. The molecule has 2 rings (SSSR count). The van der Waals surface area contributed by atoms with E-state index in [2.05, 4.69) is 15.3 Å². The van der Waals surface area contributed by atoms with Crippen LogP contribution in [-0.2, 0) is 4.74 Å². The first kappa shape index (κ1) is 12.6. The first-order valence-electron chi connectivity index (χ1n) is 5.91. The fourth-order valence-corrected chi connectivity index (χ4v) is 1.64. The Morgan fingerprint density at radius 1 is 1.17 bits per heavy atom. The van der Waals surface area contributed by atoms with Gasteiger partial charge < -0.3 is 14.8 Å². The third kappa shape index (κ3) is 2.87. The van der Waals surface area contributed by atoms with E-state index < -0.39 is 0 Å². The zero-order valence-corrected chi connectivity index (χ0v) is 10.6. The van der Waals surface area contributed by atoms with Crippen molar-refractivity contribution in [2.75, 3.05) is 32.7 Å². The van der Waals surface area contributed by atoms with Crippen LogP contribution in [0.25, 0.3) is 10.9 Å². The summed E-state index contributed by atoms with van der Waals surface area (Å²) in [4.78, 5) is 8.70. The quantitative estimate of drug-likeness (QED) is 0.792. The van der Waals surface area contributed by atoms with Crippen LogP contribution in [-0.4, -0.2) is 37.3 Å². The van der Waals surface area contributed by atoms with E-state index in [1.165, 1.54) is 0 Å². The fourth-order valence-electron chi connectivity index (χ4n) is 1.64. The third-order valence-corrected chi connectivity index (χ3v) is 2.52. The summed E-state index contributed by atoms with van der Waals surface area (Å²) in [5.74, 6) is 1.18. The van der Waals surface area contributed by atoms with Gasteiger partial charge in [-0.05, 0) is 12.1 Å². The molecular weight excluding hydrogens is 230 g/mol. The fraction of sp³-hybridized carbons (Fsp3) is 0.385. The topological polar surface area (TPSA) is 56.3 Å². The molecule has 18 heavy (non-hydrogen) atoms. The van der Waals surface area contributed by atoms with Crippen LogP contribution in [0.3, 0.4) is 0 Å². The number of methoxy groups -OCH3 is 1. The van der Waals surface area contributed by atoms with E-state index in [0.717, 1.165) is 17.3 Å². The van der Waals surface area contributed by atoms with Gasteiger partial charge in [-0.1, -0.05) is 12.1 Å². The number of rotatable bonds is 6. The molecule has 1 heterocycles. The Hall–Kier alpha value is -1.88. The number of anilines is 1. The zero-order chi connectivity index (χ0) is 12.8. The average molecular weight is 247 g/mol. The van der Waals surface area contributed by atoms with E-state index in [0.29, 0.717) is 25.0 Å². The summed E-state index contributed by atoms with van der Waals surface area (Å²) in [7, 11) is 3.47. The number of para-hydroxylation sites is 1. The van der Waals surface area contributed by atoms with Crippen molar-refractivity contribution in [1.29, 1.82) is 0 Å². The van der Waals surface area contributed by atoms with Crippen LogP contribution >= 0.6 is 0 Å². The van der Waals surface area contributed by atoms with Crippen molar-refractivity contribution in [3.8, 4) is 5.88 Å². The minimum absolute atomic E-state index is 0.565. The van der Waals surface area contributed by atoms with Gasteiger partial charge in [-0.15, -0.1) is 0 Å². The van der Waals surface area contributed by atoms with Crippen molar-refractivity contribution in [2.45, 2.75) is 6.42 Å². The predicted molar refractivity (Wildman–Crippen MR) is 71.1 cm³/mol. The molecule has 0 aliphatic carbocycles. The Kier molecular flexibility index (Phi) is 4.30. The molecule has 0 saturated carbocycles. The molecule has 0 bridgehead atoms. The van der Waals surface area contributed by atoms with E-state index in [9.17, 15) is 0 Å². The second-order valence-corrected chi connectivity index (χ2v) is 3.81. The Morgan fingerprint density at radius 2 is 2.00 bits per heavy atom. The highest BCUT2D eigenvalue weighted by atomic mass is 16.5. The maximum atomic E-state index is 5.69. The van der Waals surface area contributed by atoms with Crippen LogP contribution in [0.2, 0.25) is 0 Å². The first-order chi connectivity index (χ1) is 8.85. The maximum Gasteiger partial charge on any atom is 0.226 e. The molecule has 0 amide bonds. The van der Waals surface area contributed by atoms with Crippen LogP contribution in [0.1, 0.15) is 6.42 Å². The Morgan fingerprint density at radius 3 is 2.78 bits per heavy atom. The Labute approximate surface area is 106 Å². The highest BCUT2D eigenvalue weighted by Crippen LogP contribution is 2.23. The molecule has 5 heteroatoms. The second-order valence-electron chi connectivity index (χ2n) is 3.81. The number of benzene rings is 1. The third-order valence-electron chi connectivity index (χ3n) is 2.52. The monoisotopic (exact) mass is 247 g/mol. The van der Waals surface area contributed by atoms with Crippen molar-refractivity contribution in [1.82, 2.24) is 9.97 Å². The van der Waals surface area contributed by atoms with Gasteiger partial charge in [-0.25, -0.2) is 4.98 Å². The minimum Gasteiger partial charge on any atom is -0.477 e. The van der Waals surface area contributed by atoms with E-state index in [4.69, 9.17) is 9.47 Å². The molecule has 1 aromatic carbocycles. The highest BCUT2D eigenvalue weighted by molar-refractivity contribution is 5.84. The number of nitrogens with zero attached hydrogens (tertiary/aromatic N) is 2. The first-order valence-corrected chi connectivity index (χ1v) is 5.91. The van der Waals surface area contributed by atoms with Gasteiger partial charge >= 0.3 is 0 Å². The van der Waals surface area contributed by atoms with Crippen molar-refractivity contribution >= 4 is 16.9 Å². The summed E-state index contributed by atoms with van der Waals surface area (Å²) in [6.45, 7) is 1.26. The van der Waals surface area contributed by atoms with Gasteiger partial charge in [0, 0.05) is 27.2 Å². The average Bonchev–Trinajstić information content (AvgIpc) is 2.43. The second kappa shape index (κ2) is 6.16. The SMILES string of the molecule is CNc1nc(OCCCOC)c2ccccc2n1. The van der Waals surface area contributed by atoms with Gasteiger partial charge in [0.1, 0.15) is 0 Å². The summed E-state index contributed by atoms with van der Waals surface area (Å²) < 4.78 is 10.7. The molecule has 0 saturated heterocycles. The highest BCUT2D eigenvalue weighted by Gasteiger charge is 2.07. The molecule has 1 N–H and O–H groups in total. The summed E-state index contributed by atoms with van der Waals surface area (Å²) in [5, 5.41) is 3.86. The van der Waals surface area contributed by atoms with Gasteiger partial charge in [-0.2, -0.15) is 4.98 Å². The van der Waals surface area contributed by atoms with Gasteiger partial charge in [0.25, 0.3) is 0 Å². The lowest BCUT2D eigenvalue weighted by Crippen LogP contribution is -2.05. The lowest BCUT2D eigenvalue weighted by Gasteiger charge is -2.09. The standard InChI is InChI=1S/C13H17N3O2/c1-14-13-15-11-7-4-3-6-10(11)12(16-13)18-9-5-8-17-2/h3-4,6-7H,5,8-9H2,1-2H3,(H,14,15,16). The van der Waals surface area contributed by atoms with E-state index >= 15 is 0 Å². The van der Waals surface area contributed by atoms with Crippen LogP contribution < -0.4 is 10.1 Å². The maximum absolute atomic E-state index is 5.69. The van der Waals surface area contributed by atoms with Gasteiger partial charge in [0.15, 0.2) is 0 Å². The van der Waals surface area contributed by atoms with Gasteiger partial charge in [-0.3, -0.25) is 0 Å². The van der Waals surface area contributed by atoms with Crippen LogP contribution in [0.15, 0.2) is 24.3 Å². The number of ether oxygens (including phenoxy) is 2. The van der Waals surface area contributed by atoms with Crippen molar-refractivity contribution in [3.63, 3.8) is 0 Å². The van der Waals surface area contributed by atoms with E-state index in [1.807, 2.05) is 24.3 Å². The normalized spacial score (nSPS) is 10.6. The molecule has 0 unspecified atom stereocenters. The number of fused-ring (bicyclic) bond motifs is 1. The van der Waals surface area contributed by atoms with Crippen LogP contribution in [0, 0.1) is 0 Å². The number of aromatic nitrogens is 2. The molecule has 0 atom stereocenters. The summed E-state index contributed by atoms with van der Waals surface area (Å²) in [6, 6.07) is 7.80. The van der Waals surface area contributed by atoms with Crippen LogP contribution in [0.5, 0.6) is 5.88 Å². The predicted octanol–water partition coefficient (Wildman–Crippen LogP) is 2.09. The molecule has 0 fully saturated rings. The molecule has 0 radical (unpaired) electrons. The lowest BCUT2D eigenvalue weighted by molar-refractivity contribution is 0.171. The number of nitrogens with one attached hydrogen (secondary N) is 1. The largest absolute Gasteiger partial charge is 0.477 e. The molecule has 0 aliphatic rings. The molecule has 0 aliphatic heterocycles. The summed E-state index contributed by atoms with van der Waals surface area (Å²) >= 11 is 0. The van der Waals surface area contributed by atoms with Crippen molar-refractivity contribution in [2.24, 2.45) is 0 Å². The Balaban J connectivity index is 2.23. The number of hydrogen-bond acceptors (Lipinski definition) is 5. The molecule has 0 spiro atoms. The zero-order valence-electron chi connectivity index (χ0n) is 10.6. The molecule has 5 nitrogen and oxygen atoms in total. The van der Waals surface area contributed by atoms with E-state index in [1.54, 1.807) is 14.2 Å². The van der Waals surface area contributed by atoms with Crippen molar-refractivity contribution in [3.05, 3.63) is 24.3 Å². The summed E-state index contributed by atoms with van der Waals surface area (Å²) in [5.41, 5.74) is 0.874. The molecule has 1 aromatic heterocycles. The summed E-state index contributed by atoms with van der Waals surface area (Å²) in [6.07, 6.45) is 0.837. The lowest BCUT2D eigenvalue weighted by atomic mass is 10.2. The van der Waals surface area contributed by atoms with Gasteiger partial charge in [0.05, 0.1) is 17.5 Å². The Bertz CT molecular complexity index is 517. The van der Waals surface area contributed by atoms with Crippen LogP contribution in [0.4, 0.5) is 5.95 Å².